The monoisotopic (exact) mass is 282 g/mol. The van der Waals surface area contributed by atoms with Gasteiger partial charge in [-0.25, -0.2) is 0 Å². The number of nitro benzene ring substituents is 2. The number of nitriles is 2. The second-order valence-electron chi connectivity index (χ2n) is 2.69. The van der Waals surface area contributed by atoms with E-state index in [4.69, 9.17) is 10.5 Å². The van der Waals surface area contributed by atoms with E-state index in [1.807, 2.05) is 0 Å². The summed E-state index contributed by atoms with van der Waals surface area (Å²) in [6.45, 7) is 0. The standard InChI is InChI=1S/C8H2N4O4S2/c9-3-17-7-2-8(18-4-10)6(12(15)16)1-5(7)11(13)14/h1-2H. The molecule has 0 unspecified atom stereocenters. The van der Waals surface area contributed by atoms with Crippen LogP contribution in [-0.4, -0.2) is 9.85 Å². The Morgan fingerprint density at radius 3 is 1.61 bits per heavy atom. The summed E-state index contributed by atoms with van der Waals surface area (Å²) in [4.78, 5) is 19.8. The number of nitrogens with zero attached hydrogens (tertiary/aromatic N) is 4. The highest BCUT2D eigenvalue weighted by molar-refractivity contribution is 8.04. The normalized spacial score (nSPS) is 9.22. The summed E-state index contributed by atoms with van der Waals surface area (Å²) >= 11 is 1.02. The highest BCUT2D eigenvalue weighted by atomic mass is 32.2. The smallest absolute Gasteiger partial charge is 0.258 e. The van der Waals surface area contributed by atoms with Crippen LogP contribution in [0.5, 0.6) is 0 Å². The number of hydrogen-bond acceptors (Lipinski definition) is 8. The van der Waals surface area contributed by atoms with Crippen molar-refractivity contribution in [2.45, 2.75) is 9.79 Å². The van der Waals surface area contributed by atoms with E-state index in [1.54, 1.807) is 10.8 Å². The van der Waals surface area contributed by atoms with Gasteiger partial charge in [-0.05, 0) is 29.6 Å². The first-order valence-corrected chi connectivity index (χ1v) is 5.73. The Balaban J connectivity index is 3.51. The van der Waals surface area contributed by atoms with Crippen molar-refractivity contribution in [3.05, 3.63) is 32.4 Å². The van der Waals surface area contributed by atoms with E-state index in [-0.39, 0.29) is 9.79 Å². The van der Waals surface area contributed by atoms with E-state index < -0.39 is 21.2 Å². The fourth-order valence-electron chi connectivity index (χ4n) is 1.09. The van der Waals surface area contributed by atoms with Crippen LogP contribution >= 0.6 is 23.5 Å². The lowest BCUT2D eigenvalue weighted by atomic mass is 10.3. The second kappa shape index (κ2) is 5.86. The van der Waals surface area contributed by atoms with Crippen molar-refractivity contribution >= 4 is 34.9 Å². The van der Waals surface area contributed by atoms with Gasteiger partial charge in [0.05, 0.1) is 15.9 Å². The molecule has 90 valence electrons. The summed E-state index contributed by atoms with van der Waals surface area (Å²) < 4.78 is 0. The maximum absolute atomic E-state index is 10.7. The molecule has 0 radical (unpaired) electrons. The van der Waals surface area contributed by atoms with Gasteiger partial charge in [-0.2, -0.15) is 10.5 Å². The van der Waals surface area contributed by atoms with Gasteiger partial charge in [-0.1, -0.05) is 0 Å². The third-order valence-corrected chi connectivity index (χ3v) is 3.02. The van der Waals surface area contributed by atoms with Gasteiger partial charge in [0.1, 0.15) is 20.6 Å². The van der Waals surface area contributed by atoms with Gasteiger partial charge in [0.2, 0.25) is 0 Å². The first kappa shape index (κ1) is 13.8. The third-order valence-electron chi connectivity index (χ3n) is 1.75. The van der Waals surface area contributed by atoms with Crippen LogP contribution in [0.3, 0.4) is 0 Å². The summed E-state index contributed by atoms with van der Waals surface area (Å²) in [5, 5.41) is 41.8. The molecule has 8 nitrogen and oxygen atoms in total. The zero-order valence-electron chi connectivity index (χ0n) is 8.39. The highest BCUT2D eigenvalue weighted by Crippen LogP contribution is 2.38. The second-order valence-corrected chi connectivity index (χ2v) is 4.34. The molecule has 1 aromatic carbocycles. The molecule has 0 fully saturated rings. The molecule has 0 bridgehead atoms. The minimum atomic E-state index is -0.812. The van der Waals surface area contributed by atoms with Crippen LogP contribution in [0, 0.1) is 41.6 Å². The number of rotatable bonds is 4. The molecule has 0 aromatic heterocycles. The minimum Gasteiger partial charge on any atom is -0.258 e. The van der Waals surface area contributed by atoms with Crippen molar-refractivity contribution in [3.8, 4) is 10.8 Å². The SMILES string of the molecule is N#CSc1cc(SC#N)c([N+](=O)[O-])cc1[N+](=O)[O-]. The van der Waals surface area contributed by atoms with Gasteiger partial charge >= 0.3 is 0 Å². The Labute approximate surface area is 108 Å². The average molecular weight is 282 g/mol. The topological polar surface area (TPSA) is 134 Å². The minimum absolute atomic E-state index is 0.0362. The molecule has 0 N–H and O–H groups in total. The lowest BCUT2D eigenvalue weighted by Gasteiger charge is -2.01. The van der Waals surface area contributed by atoms with Crippen LogP contribution in [0.25, 0.3) is 0 Å². The van der Waals surface area contributed by atoms with Crippen LogP contribution in [0.4, 0.5) is 11.4 Å². The number of benzene rings is 1. The zero-order valence-corrected chi connectivity index (χ0v) is 10.0. The molecule has 10 heteroatoms. The Kier molecular flexibility index (Phi) is 4.48. The summed E-state index contributed by atoms with van der Waals surface area (Å²) in [6.07, 6.45) is 0. The van der Waals surface area contributed by atoms with Crippen molar-refractivity contribution in [3.63, 3.8) is 0 Å². The lowest BCUT2D eigenvalue weighted by molar-refractivity contribution is -0.397. The van der Waals surface area contributed by atoms with Crippen molar-refractivity contribution in [2.24, 2.45) is 0 Å². The lowest BCUT2D eigenvalue weighted by Crippen LogP contribution is -1.96. The highest BCUT2D eigenvalue weighted by Gasteiger charge is 2.25. The van der Waals surface area contributed by atoms with Crippen LogP contribution in [0.15, 0.2) is 21.9 Å². The third kappa shape index (κ3) is 2.88. The average Bonchev–Trinajstić information content (AvgIpc) is 2.29. The summed E-state index contributed by atoms with van der Waals surface area (Å²) in [5.41, 5.74) is -1.06. The van der Waals surface area contributed by atoms with E-state index in [2.05, 4.69) is 0 Å². The Hall–Kier alpha value is -2.30. The molecule has 18 heavy (non-hydrogen) atoms. The molecular weight excluding hydrogens is 280 g/mol. The molecule has 0 heterocycles. The predicted octanol–water partition coefficient (Wildman–Crippen LogP) is 2.65. The Bertz CT molecular complexity index is 555. The van der Waals surface area contributed by atoms with E-state index in [1.165, 1.54) is 0 Å². The number of thioether (sulfide) groups is 2. The van der Waals surface area contributed by atoms with Crippen molar-refractivity contribution < 1.29 is 9.85 Å². The van der Waals surface area contributed by atoms with Gasteiger partial charge in [0, 0.05) is 0 Å². The van der Waals surface area contributed by atoms with Crippen LogP contribution in [0.2, 0.25) is 0 Å². The van der Waals surface area contributed by atoms with E-state index >= 15 is 0 Å². The first-order valence-electron chi connectivity index (χ1n) is 4.10. The van der Waals surface area contributed by atoms with Gasteiger partial charge < -0.3 is 0 Å². The molecule has 0 spiro atoms. The van der Waals surface area contributed by atoms with Crippen molar-refractivity contribution in [1.29, 1.82) is 10.5 Å². The van der Waals surface area contributed by atoms with Crippen LogP contribution in [-0.2, 0) is 0 Å². The molecular formula is C8H2N4O4S2. The zero-order chi connectivity index (χ0) is 13.7. The number of hydrogen-bond donors (Lipinski definition) is 0. The molecule has 0 saturated carbocycles. The maximum atomic E-state index is 10.7. The summed E-state index contributed by atoms with van der Waals surface area (Å²) in [6, 6.07) is 1.84. The fourth-order valence-corrected chi connectivity index (χ4v) is 2.19. The van der Waals surface area contributed by atoms with Crippen molar-refractivity contribution in [2.75, 3.05) is 0 Å². The van der Waals surface area contributed by atoms with Gasteiger partial charge in [-0.3, -0.25) is 20.2 Å². The van der Waals surface area contributed by atoms with Gasteiger partial charge in [-0.15, -0.1) is 0 Å². The van der Waals surface area contributed by atoms with E-state index in [9.17, 15) is 20.2 Å². The fraction of sp³-hybridized carbons (Fsp3) is 0. The summed E-state index contributed by atoms with van der Waals surface area (Å²) in [7, 11) is 0. The quantitative estimate of drug-likeness (QED) is 0.356. The number of nitro groups is 2. The Morgan fingerprint density at radius 2 is 1.33 bits per heavy atom. The van der Waals surface area contributed by atoms with Crippen molar-refractivity contribution in [1.82, 2.24) is 0 Å². The molecule has 0 aliphatic heterocycles. The molecule has 1 aromatic rings. The molecule has 0 aliphatic rings. The van der Waals surface area contributed by atoms with Crippen LogP contribution in [0.1, 0.15) is 0 Å². The van der Waals surface area contributed by atoms with E-state index in [0.29, 0.717) is 23.5 Å². The number of thiocyanates is 2. The Morgan fingerprint density at radius 1 is 0.944 bits per heavy atom. The van der Waals surface area contributed by atoms with Crippen LogP contribution < -0.4 is 0 Å². The van der Waals surface area contributed by atoms with Gasteiger partial charge in [0.15, 0.2) is 0 Å². The molecule has 0 amide bonds. The summed E-state index contributed by atoms with van der Waals surface area (Å²) in [5.74, 6) is 0. The largest absolute Gasteiger partial charge is 0.290 e. The maximum Gasteiger partial charge on any atom is 0.290 e. The molecule has 1 rings (SSSR count). The van der Waals surface area contributed by atoms with Gasteiger partial charge in [0.25, 0.3) is 11.4 Å². The van der Waals surface area contributed by atoms with E-state index in [0.717, 1.165) is 12.1 Å². The molecule has 0 aliphatic carbocycles. The predicted molar refractivity (Wildman–Crippen MR) is 62.7 cm³/mol. The molecule has 0 saturated heterocycles. The first-order chi connectivity index (χ1) is 8.51. The molecule has 0 atom stereocenters.